The zero-order chi connectivity index (χ0) is 23.3. The molecule has 3 aromatic carbocycles. The van der Waals surface area contributed by atoms with Gasteiger partial charge in [-0.1, -0.05) is 40.9 Å². The van der Waals surface area contributed by atoms with Gasteiger partial charge in [0.05, 0.1) is 35.5 Å². The SMILES string of the molecule is COc1ccc(C(=O)O)cc1NCc1cc(OC)c(OCc2ccc(Cl)c(Cl)c2)cc1Cl. The summed E-state index contributed by atoms with van der Waals surface area (Å²) in [4.78, 5) is 11.3. The van der Waals surface area contributed by atoms with Gasteiger partial charge in [0, 0.05) is 17.6 Å². The monoisotopic (exact) mass is 495 g/mol. The smallest absolute Gasteiger partial charge is 0.335 e. The molecule has 2 N–H and O–H groups in total. The molecule has 0 aliphatic heterocycles. The number of anilines is 1. The van der Waals surface area contributed by atoms with E-state index in [-0.39, 0.29) is 12.2 Å². The molecule has 0 aliphatic rings. The third kappa shape index (κ3) is 5.71. The fraction of sp³-hybridized carbons (Fsp3) is 0.174. The zero-order valence-electron chi connectivity index (χ0n) is 17.2. The summed E-state index contributed by atoms with van der Waals surface area (Å²) >= 11 is 18.5. The molecule has 0 aromatic heterocycles. The summed E-state index contributed by atoms with van der Waals surface area (Å²) in [5.41, 5.74) is 2.24. The van der Waals surface area contributed by atoms with E-state index in [1.54, 1.807) is 30.3 Å². The van der Waals surface area contributed by atoms with Crippen LogP contribution in [0.5, 0.6) is 17.2 Å². The van der Waals surface area contributed by atoms with Crippen LogP contribution in [-0.2, 0) is 13.2 Å². The Morgan fingerprint density at radius 3 is 2.28 bits per heavy atom. The number of hydrogen-bond donors (Lipinski definition) is 2. The van der Waals surface area contributed by atoms with Crippen molar-refractivity contribution in [1.29, 1.82) is 0 Å². The maximum atomic E-state index is 11.3. The number of methoxy groups -OCH3 is 2. The number of halogens is 3. The highest BCUT2D eigenvalue weighted by Crippen LogP contribution is 2.35. The van der Waals surface area contributed by atoms with Crippen LogP contribution in [0.3, 0.4) is 0 Å². The second-order valence-corrected chi connectivity index (χ2v) is 7.93. The first kappa shape index (κ1) is 23.9. The van der Waals surface area contributed by atoms with E-state index in [1.807, 2.05) is 6.07 Å². The quantitative estimate of drug-likeness (QED) is 0.350. The predicted octanol–water partition coefficient (Wildman–Crippen LogP) is 6.55. The lowest BCUT2D eigenvalue weighted by atomic mass is 10.1. The van der Waals surface area contributed by atoms with Crippen molar-refractivity contribution in [3.05, 3.63) is 80.3 Å². The highest BCUT2D eigenvalue weighted by molar-refractivity contribution is 6.42. The van der Waals surface area contributed by atoms with Crippen molar-refractivity contribution in [2.24, 2.45) is 0 Å². The Labute approximate surface area is 200 Å². The van der Waals surface area contributed by atoms with Crippen molar-refractivity contribution in [2.45, 2.75) is 13.2 Å². The predicted molar refractivity (Wildman–Crippen MR) is 126 cm³/mol. The summed E-state index contributed by atoms with van der Waals surface area (Å²) in [6.45, 7) is 0.558. The van der Waals surface area contributed by atoms with E-state index in [9.17, 15) is 9.90 Å². The second-order valence-electron chi connectivity index (χ2n) is 6.71. The van der Waals surface area contributed by atoms with Gasteiger partial charge in [-0.25, -0.2) is 4.79 Å². The number of carboxylic acid groups (broad SMARTS) is 1. The second kappa shape index (κ2) is 10.7. The molecular formula is C23H20Cl3NO5. The maximum Gasteiger partial charge on any atom is 0.335 e. The Hall–Kier alpha value is -2.80. The van der Waals surface area contributed by atoms with Crippen molar-refractivity contribution in [3.63, 3.8) is 0 Å². The van der Waals surface area contributed by atoms with Crippen molar-refractivity contribution in [1.82, 2.24) is 0 Å². The Balaban J connectivity index is 1.77. The molecule has 32 heavy (non-hydrogen) atoms. The average molecular weight is 497 g/mol. The summed E-state index contributed by atoms with van der Waals surface area (Å²) in [6.07, 6.45) is 0. The topological polar surface area (TPSA) is 77.0 Å². The molecule has 0 heterocycles. The van der Waals surface area contributed by atoms with E-state index in [4.69, 9.17) is 49.0 Å². The van der Waals surface area contributed by atoms with Crippen LogP contribution < -0.4 is 19.5 Å². The normalized spacial score (nSPS) is 10.5. The van der Waals surface area contributed by atoms with Gasteiger partial charge in [0.1, 0.15) is 12.4 Å². The first-order valence-electron chi connectivity index (χ1n) is 9.40. The Bertz CT molecular complexity index is 1140. The number of ether oxygens (including phenoxy) is 3. The van der Waals surface area contributed by atoms with Gasteiger partial charge in [0.25, 0.3) is 0 Å². The highest BCUT2D eigenvalue weighted by Gasteiger charge is 2.13. The molecular weight excluding hydrogens is 477 g/mol. The molecule has 0 aliphatic carbocycles. The number of benzene rings is 3. The fourth-order valence-corrected chi connectivity index (χ4v) is 3.49. The van der Waals surface area contributed by atoms with Crippen molar-refractivity contribution >= 4 is 46.5 Å². The molecule has 9 heteroatoms. The highest BCUT2D eigenvalue weighted by atomic mass is 35.5. The third-order valence-electron chi connectivity index (χ3n) is 4.63. The molecule has 0 spiro atoms. The van der Waals surface area contributed by atoms with Crippen LogP contribution in [0, 0.1) is 0 Å². The van der Waals surface area contributed by atoms with E-state index < -0.39 is 5.97 Å². The summed E-state index contributed by atoms with van der Waals surface area (Å²) in [5, 5.41) is 13.8. The number of hydrogen-bond acceptors (Lipinski definition) is 5. The van der Waals surface area contributed by atoms with Crippen molar-refractivity contribution in [2.75, 3.05) is 19.5 Å². The van der Waals surface area contributed by atoms with Crippen LogP contribution in [0.1, 0.15) is 21.5 Å². The number of carbonyl (C=O) groups is 1. The summed E-state index contributed by atoms with van der Waals surface area (Å²) in [7, 11) is 3.04. The summed E-state index contributed by atoms with van der Waals surface area (Å²) in [5.74, 6) is 0.453. The molecule has 0 unspecified atom stereocenters. The molecule has 6 nitrogen and oxygen atoms in total. The zero-order valence-corrected chi connectivity index (χ0v) is 19.5. The van der Waals surface area contributed by atoms with Crippen LogP contribution in [0.25, 0.3) is 0 Å². The number of aromatic carboxylic acids is 1. The maximum absolute atomic E-state index is 11.3. The molecule has 0 saturated heterocycles. The van der Waals surface area contributed by atoms with Crippen LogP contribution in [0.2, 0.25) is 15.1 Å². The molecule has 168 valence electrons. The van der Waals surface area contributed by atoms with Gasteiger partial charge in [-0.3, -0.25) is 0 Å². The van der Waals surface area contributed by atoms with E-state index in [2.05, 4.69) is 5.32 Å². The van der Waals surface area contributed by atoms with Gasteiger partial charge in [0.15, 0.2) is 11.5 Å². The molecule has 0 radical (unpaired) electrons. The van der Waals surface area contributed by atoms with Gasteiger partial charge < -0.3 is 24.6 Å². The lowest BCUT2D eigenvalue weighted by Gasteiger charge is -2.16. The van der Waals surface area contributed by atoms with Crippen LogP contribution >= 0.6 is 34.8 Å². The van der Waals surface area contributed by atoms with E-state index >= 15 is 0 Å². The van der Waals surface area contributed by atoms with Crippen LogP contribution in [0.15, 0.2) is 48.5 Å². The number of nitrogens with one attached hydrogen (secondary N) is 1. The van der Waals surface area contributed by atoms with Crippen molar-refractivity contribution in [3.8, 4) is 17.2 Å². The lowest BCUT2D eigenvalue weighted by Crippen LogP contribution is -2.05. The van der Waals surface area contributed by atoms with Crippen LogP contribution in [-0.4, -0.2) is 25.3 Å². The fourth-order valence-electron chi connectivity index (χ4n) is 2.95. The van der Waals surface area contributed by atoms with Gasteiger partial charge in [-0.2, -0.15) is 0 Å². The molecule has 3 aromatic rings. The molecule has 0 fully saturated rings. The Morgan fingerprint density at radius 1 is 0.875 bits per heavy atom. The largest absolute Gasteiger partial charge is 0.495 e. The lowest BCUT2D eigenvalue weighted by molar-refractivity contribution is 0.0697. The minimum Gasteiger partial charge on any atom is -0.495 e. The van der Waals surface area contributed by atoms with Gasteiger partial charge in [0.2, 0.25) is 0 Å². The minimum absolute atomic E-state index is 0.142. The first-order valence-corrected chi connectivity index (χ1v) is 10.5. The van der Waals surface area contributed by atoms with E-state index in [0.29, 0.717) is 44.5 Å². The Kier molecular flexibility index (Phi) is 7.96. The first-order chi connectivity index (χ1) is 15.3. The average Bonchev–Trinajstić information content (AvgIpc) is 2.78. The standard InChI is InChI=1S/C23H20Cl3NO5/c1-30-20-6-4-14(23(28)29)8-19(20)27-11-15-9-21(31-2)22(10-17(15)25)32-12-13-3-5-16(24)18(26)7-13/h3-10,27H,11-12H2,1-2H3,(H,28,29). The number of rotatable bonds is 9. The van der Waals surface area contributed by atoms with Crippen LogP contribution in [0.4, 0.5) is 5.69 Å². The third-order valence-corrected chi connectivity index (χ3v) is 5.72. The molecule has 0 atom stereocenters. The number of carboxylic acids is 1. The van der Waals surface area contributed by atoms with E-state index in [1.165, 1.54) is 26.4 Å². The molecule has 0 saturated carbocycles. The van der Waals surface area contributed by atoms with E-state index in [0.717, 1.165) is 11.1 Å². The minimum atomic E-state index is -1.03. The van der Waals surface area contributed by atoms with Crippen molar-refractivity contribution < 1.29 is 24.1 Å². The summed E-state index contributed by atoms with van der Waals surface area (Å²) < 4.78 is 16.6. The summed E-state index contributed by atoms with van der Waals surface area (Å²) in [6, 6.07) is 13.2. The molecule has 0 amide bonds. The van der Waals surface area contributed by atoms with Gasteiger partial charge in [-0.05, 0) is 47.5 Å². The van der Waals surface area contributed by atoms with Gasteiger partial charge in [-0.15, -0.1) is 0 Å². The molecule has 3 rings (SSSR count). The Morgan fingerprint density at radius 2 is 1.62 bits per heavy atom. The van der Waals surface area contributed by atoms with Gasteiger partial charge >= 0.3 is 5.97 Å². The molecule has 0 bridgehead atoms.